The van der Waals surface area contributed by atoms with E-state index in [0.717, 1.165) is 28.3 Å². The molecule has 4 aromatic rings. The highest BCUT2D eigenvalue weighted by Gasteiger charge is 2.28. The van der Waals surface area contributed by atoms with Gasteiger partial charge in [-0.05, 0) is 54.3 Å². The summed E-state index contributed by atoms with van der Waals surface area (Å²) in [5.41, 5.74) is 3.37. The number of hydrogen-bond acceptors (Lipinski definition) is 6. The van der Waals surface area contributed by atoms with Crippen LogP contribution in [0.3, 0.4) is 0 Å². The number of benzene rings is 2. The Morgan fingerprint density at radius 3 is 2.23 bits per heavy atom. The van der Waals surface area contributed by atoms with E-state index in [1.54, 1.807) is 24.9 Å². The third-order valence-electron chi connectivity index (χ3n) is 5.52. The summed E-state index contributed by atoms with van der Waals surface area (Å²) in [5, 5.41) is 4.51. The zero-order valence-corrected chi connectivity index (χ0v) is 16.7. The number of carbonyl (C=O) groups is 1. The monoisotopic (exact) mass is 400 g/mol. The topological polar surface area (TPSA) is 78.6 Å². The van der Waals surface area contributed by atoms with Crippen LogP contribution in [-0.2, 0) is 6.42 Å². The molecule has 0 spiro atoms. The molecule has 0 saturated heterocycles. The summed E-state index contributed by atoms with van der Waals surface area (Å²) < 4.78 is 12.0. The average molecular weight is 400 g/mol. The lowest BCUT2D eigenvalue weighted by Gasteiger charge is -2.23. The molecule has 0 saturated carbocycles. The van der Waals surface area contributed by atoms with Crippen molar-refractivity contribution in [3.8, 4) is 22.9 Å². The molecule has 0 radical (unpaired) electrons. The lowest BCUT2D eigenvalue weighted by Crippen LogP contribution is -2.21. The lowest BCUT2D eigenvalue weighted by molar-refractivity contribution is 0.0962. The van der Waals surface area contributed by atoms with Crippen molar-refractivity contribution in [1.29, 1.82) is 0 Å². The van der Waals surface area contributed by atoms with Crippen LogP contribution in [0.15, 0.2) is 54.7 Å². The van der Waals surface area contributed by atoms with Gasteiger partial charge in [-0.15, -0.1) is 5.10 Å². The first-order valence-electron chi connectivity index (χ1n) is 9.72. The van der Waals surface area contributed by atoms with E-state index in [-0.39, 0.29) is 11.7 Å². The van der Waals surface area contributed by atoms with Crippen molar-refractivity contribution in [3.05, 3.63) is 71.5 Å². The largest absolute Gasteiger partial charge is 0.497 e. The molecule has 7 heteroatoms. The minimum absolute atomic E-state index is 0.0768. The summed E-state index contributed by atoms with van der Waals surface area (Å²) in [5.74, 6) is 2.79. The second kappa shape index (κ2) is 7.26. The molecular formula is C23H20N4O3. The molecule has 0 fully saturated rings. The zero-order chi connectivity index (χ0) is 20.7. The summed E-state index contributed by atoms with van der Waals surface area (Å²) in [6.07, 6.45) is 2.89. The fourth-order valence-corrected chi connectivity index (χ4v) is 3.86. The van der Waals surface area contributed by atoms with Crippen LogP contribution in [0, 0.1) is 0 Å². The second-order valence-corrected chi connectivity index (χ2v) is 7.31. The molecule has 1 atom stereocenters. The highest BCUT2D eigenvalue weighted by molar-refractivity contribution is 5.98. The number of rotatable bonds is 4. The van der Waals surface area contributed by atoms with Crippen molar-refractivity contribution in [2.24, 2.45) is 0 Å². The number of Topliss-reactive ketones (excluding diaryl/α,β-unsaturated/α-hetero) is 1. The zero-order valence-electron chi connectivity index (χ0n) is 16.7. The van der Waals surface area contributed by atoms with Gasteiger partial charge < -0.3 is 9.47 Å². The molecule has 2 aromatic carbocycles. The normalized spacial score (nSPS) is 15.8. The molecule has 1 aliphatic carbocycles. The molecule has 5 rings (SSSR count). The Kier molecular flexibility index (Phi) is 4.43. The van der Waals surface area contributed by atoms with Crippen LogP contribution in [-0.4, -0.2) is 39.6 Å². The van der Waals surface area contributed by atoms with Gasteiger partial charge in [-0.1, -0.05) is 12.1 Å². The van der Waals surface area contributed by atoms with Crippen LogP contribution >= 0.6 is 0 Å². The summed E-state index contributed by atoms with van der Waals surface area (Å²) >= 11 is 0. The maximum absolute atomic E-state index is 12.8. The Morgan fingerprint density at radius 2 is 1.57 bits per heavy atom. The summed E-state index contributed by atoms with van der Waals surface area (Å²) in [7, 11) is 3.27. The van der Waals surface area contributed by atoms with Crippen LogP contribution < -0.4 is 9.47 Å². The smallest absolute Gasteiger partial charge is 0.252 e. The number of nitrogens with zero attached hydrogens (tertiary/aromatic N) is 4. The lowest BCUT2D eigenvalue weighted by atomic mass is 9.82. The van der Waals surface area contributed by atoms with E-state index in [9.17, 15) is 4.79 Å². The van der Waals surface area contributed by atoms with Gasteiger partial charge in [0.15, 0.2) is 11.6 Å². The van der Waals surface area contributed by atoms with Crippen LogP contribution in [0.1, 0.15) is 34.0 Å². The van der Waals surface area contributed by atoms with Crippen molar-refractivity contribution in [2.45, 2.75) is 18.8 Å². The van der Waals surface area contributed by atoms with Crippen LogP contribution in [0.5, 0.6) is 11.5 Å². The van der Waals surface area contributed by atoms with E-state index in [1.165, 1.54) is 0 Å². The first-order valence-corrected chi connectivity index (χ1v) is 9.72. The SMILES string of the molecule is COc1ccc(-c2nc3nc4c(cn3n2)C(=O)C[C@H](c2ccc(OC)cc2)C4)cc1. The van der Waals surface area contributed by atoms with Gasteiger partial charge in [-0.2, -0.15) is 4.98 Å². The molecule has 0 aliphatic heterocycles. The van der Waals surface area contributed by atoms with Crippen molar-refractivity contribution < 1.29 is 14.3 Å². The molecule has 0 amide bonds. The molecule has 30 heavy (non-hydrogen) atoms. The predicted octanol–water partition coefficient (Wildman–Crippen LogP) is 3.72. The summed E-state index contributed by atoms with van der Waals surface area (Å²) in [6.45, 7) is 0. The van der Waals surface area contributed by atoms with Crippen molar-refractivity contribution >= 4 is 11.6 Å². The van der Waals surface area contributed by atoms with Gasteiger partial charge in [0.05, 0.1) is 25.5 Å². The van der Waals surface area contributed by atoms with E-state index in [4.69, 9.17) is 9.47 Å². The molecule has 7 nitrogen and oxygen atoms in total. The maximum Gasteiger partial charge on any atom is 0.252 e. The molecule has 150 valence electrons. The third-order valence-corrected chi connectivity index (χ3v) is 5.52. The van der Waals surface area contributed by atoms with E-state index in [2.05, 4.69) is 15.1 Å². The Hall–Kier alpha value is -3.74. The van der Waals surface area contributed by atoms with Gasteiger partial charge in [0.2, 0.25) is 0 Å². The van der Waals surface area contributed by atoms with Gasteiger partial charge in [-0.3, -0.25) is 4.79 Å². The van der Waals surface area contributed by atoms with Gasteiger partial charge in [-0.25, -0.2) is 9.50 Å². The standard InChI is InChI=1S/C23H20N4O3/c1-29-17-7-3-14(4-8-17)16-11-20-19(21(28)12-16)13-27-23(24-20)25-22(26-27)15-5-9-18(30-2)10-6-15/h3-10,13,16H,11-12H2,1-2H3/t16-/m1/s1. The van der Waals surface area contributed by atoms with Crippen LogP contribution in [0.4, 0.5) is 0 Å². The van der Waals surface area contributed by atoms with Crippen molar-refractivity contribution in [3.63, 3.8) is 0 Å². The third kappa shape index (κ3) is 3.18. The van der Waals surface area contributed by atoms with Crippen LogP contribution in [0.25, 0.3) is 17.2 Å². The van der Waals surface area contributed by atoms with Gasteiger partial charge in [0.25, 0.3) is 5.78 Å². The Labute approximate surface area is 173 Å². The quantitative estimate of drug-likeness (QED) is 0.520. The van der Waals surface area contributed by atoms with E-state index < -0.39 is 0 Å². The maximum atomic E-state index is 12.8. The fourth-order valence-electron chi connectivity index (χ4n) is 3.86. The van der Waals surface area contributed by atoms with Crippen molar-refractivity contribution in [1.82, 2.24) is 19.6 Å². The number of ether oxygens (including phenoxy) is 2. The highest BCUT2D eigenvalue weighted by Crippen LogP contribution is 2.33. The first-order chi connectivity index (χ1) is 14.6. The minimum atomic E-state index is 0.0768. The average Bonchev–Trinajstić information content (AvgIpc) is 3.21. The summed E-state index contributed by atoms with van der Waals surface area (Å²) in [4.78, 5) is 22.1. The molecule has 0 N–H and O–H groups in total. The minimum Gasteiger partial charge on any atom is -0.497 e. The molecular weight excluding hydrogens is 380 g/mol. The Bertz CT molecular complexity index is 1230. The highest BCUT2D eigenvalue weighted by atomic mass is 16.5. The number of ketones is 1. The Balaban J connectivity index is 1.49. The first kappa shape index (κ1) is 18.3. The molecule has 0 bridgehead atoms. The second-order valence-electron chi connectivity index (χ2n) is 7.31. The van der Waals surface area contributed by atoms with E-state index >= 15 is 0 Å². The van der Waals surface area contributed by atoms with Gasteiger partial charge in [0, 0.05) is 18.2 Å². The van der Waals surface area contributed by atoms with E-state index in [0.29, 0.717) is 30.0 Å². The molecule has 2 aromatic heterocycles. The number of methoxy groups -OCH3 is 2. The number of aromatic nitrogens is 4. The summed E-state index contributed by atoms with van der Waals surface area (Å²) in [6, 6.07) is 15.4. The molecule has 1 aliphatic rings. The van der Waals surface area contributed by atoms with Gasteiger partial charge >= 0.3 is 0 Å². The molecule has 0 unspecified atom stereocenters. The Morgan fingerprint density at radius 1 is 0.900 bits per heavy atom. The van der Waals surface area contributed by atoms with Gasteiger partial charge in [0.1, 0.15) is 11.5 Å². The predicted molar refractivity (Wildman–Crippen MR) is 111 cm³/mol. The fraction of sp³-hybridized carbons (Fsp3) is 0.217. The van der Waals surface area contributed by atoms with Crippen molar-refractivity contribution in [2.75, 3.05) is 14.2 Å². The number of carbonyl (C=O) groups excluding carboxylic acids is 1. The number of fused-ring (bicyclic) bond motifs is 2. The number of hydrogen-bond donors (Lipinski definition) is 0. The van der Waals surface area contributed by atoms with E-state index in [1.807, 2.05) is 48.5 Å². The van der Waals surface area contributed by atoms with Crippen LogP contribution in [0.2, 0.25) is 0 Å². The molecule has 2 heterocycles.